The number of benzene rings is 7. The van der Waals surface area contributed by atoms with Gasteiger partial charge >= 0.3 is 0 Å². The lowest BCUT2D eigenvalue weighted by molar-refractivity contribution is 0.661. The molecular formula is C45H31NO. The number of fused-ring (bicyclic) bond motifs is 9. The van der Waals surface area contributed by atoms with Gasteiger partial charge in [0.05, 0.1) is 11.0 Å². The molecule has 7 aromatic carbocycles. The Morgan fingerprint density at radius 1 is 0.426 bits per heavy atom. The standard InChI is InChI=1S/C45H31NO/c1-45(2)39-19-11-9-17-33(39)35-24-36-37-26-44-38(34-18-10-12-20-43(34)47-44)25-41(37)46(42(36)27-40(35)45)32-22-30(28-13-5-3-6-14-28)21-31(23-32)29-15-7-4-8-16-29/h3-27H,1-2H3. The lowest BCUT2D eigenvalue weighted by Crippen LogP contribution is -2.15. The summed E-state index contributed by atoms with van der Waals surface area (Å²) in [6.07, 6.45) is 0. The van der Waals surface area contributed by atoms with Gasteiger partial charge in [-0.25, -0.2) is 0 Å². The fraction of sp³-hybridized carbons (Fsp3) is 0.0667. The molecule has 2 nitrogen and oxygen atoms in total. The van der Waals surface area contributed by atoms with Crippen LogP contribution < -0.4 is 0 Å². The quantitative estimate of drug-likeness (QED) is 0.197. The van der Waals surface area contributed by atoms with E-state index in [1.165, 1.54) is 66.3 Å². The third-order valence-corrected chi connectivity index (χ3v) is 10.4. The predicted molar refractivity (Wildman–Crippen MR) is 196 cm³/mol. The van der Waals surface area contributed by atoms with Crippen LogP contribution in [-0.4, -0.2) is 4.57 Å². The maximum atomic E-state index is 6.45. The fourth-order valence-corrected chi connectivity index (χ4v) is 8.04. The SMILES string of the molecule is CC1(C)c2ccccc2-c2cc3c4cc5oc6ccccc6c5cc4n(-c4cc(-c5ccccc5)cc(-c5ccccc5)c4)c3cc21. The van der Waals surface area contributed by atoms with Crippen LogP contribution in [0.3, 0.4) is 0 Å². The van der Waals surface area contributed by atoms with E-state index in [0.717, 1.165) is 27.6 Å². The van der Waals surface area contributed by atoms with Gasteiger partial charge in [-0.1, -0.05) is 117 Å². The van der Waals surface area contributed by atoms with Crippen molar-refractivity contribution in [3.8, 4) is 39.1 Å². The Kier molecular flexibility index (Phi) is 5.37. The van der Waals surface area contributed by atoms with Crippen LogP contribution in [0.5, 0.6) is 0 Å². The van der Waals surface area contributed by atoms with E-state index in [2.05, 4.69) is 164 Å². The Bertz CT molecular complexity index is 2630. The van der Waals surface area contributed by atoms with Crippen LogP contribution in [0.4, 0.5) is 0 Å². The Hall–Kier alpha value is -5.86. The van der Waals surface area contributed by atoms with Crippen molar-refractivity contribution in [2.75, 3.05) is 0 Å². The Morgan fingerprint density at radius 3 is 1.79 bits per heavy atom. The molecular weight excluding hydrogens is 571 g/mol. The highest BCUT2D eigenvalue weighted by Gasteiger charge is 2.36. The normalized spacial score (nSPS) is 13.5. The summed E-state index contributed by atoms with van der Waals surface area (Å²) in [5.74, 6) is 0. The van der Waals surface area contributed by atoms with Gasteiger partial charge in [0.2, 0.25) is 0 Å². The van der Waals surface area contributed by atoms with Crippen molar-refractivity contribution in [1.82, 2.24) is 4.57 Å². The van der Waals surface area contributed by atoms with Crippen LogP contribution in [0.2, 0.25) is 0 Å². The first-order valence-corrected chi connectivity index (χ1v) is 16.3. The van der Waals surface area contributed by atoms with E-state index in [-0.39, 0.29) is 5.41 Å². The Labute approximate surface area is 273 Å². The van der Waals surface area contributed by atoms with Gasteiger partial charge in [0.15, 0.2) is 0 Å². The largest absolute Gasteiger partial charge is 0.456 e. The monoisotopic (exact) mass is 601 g/mol. The minimum atomic E-state index is -0.105. The van der Waals surface area contributed by atoms with E-state index in [9.17, 15) is 0 Å². The van der Waals surface area contributed by atoms with E-state index in [1.807, 2.05) is 6.07 Å². The van der Waals surface area contributed by atoms with Crippen molar-refractivity contribution in [2.45, 2.75) is 19.3 Å². The van der Waals surface area contributed by atoms with Gasteiger partial charge in [0.1, 0.15) is 11.2 Å². The Balaban J connectivity index is 1.35. The lowest BCUT2D eigenvalue weighted by Gasteiger charge is -2.22. The minimum Gasteiger partial charge on any atom is -0.456 e. The zero-order valence-corrected chi connectivity index (χ0v) is 26.3. The Morgan fingerprint density at radius 2 is 1.04 bits per heavy atom. The number of aromatic nitrogens is 1. The zero-order valence-electron chi connectivity index (χ0n) is 26.3. The molecule has 0 saturated carbocycles. The number of rotatable bonds is 3. The first-order valence-electron chi connectivity index (χ1n) is 16.3. The molecule has 2 aromatic heterocycles. The molecule has 1 aliphatic carbocycles. The maximum Gasteiger partial charge on any atom is 0.136 e. The number of nitrogens with zero attached hydrogens (tertiary/aromatic N) is 1. The first-order chi connectivity index (χ1) is 23.0. The number of hydrogen-bond acceptors (Lipinski definition) is 1. The van der Waals surface area contributed by atoms with Crippen LogP contribution in [-0.2, 0) is 5.41 Å². The van der Waals surface area contributed by atoms with Crippen LogP contribution >= 0.6 is 0 Å². The molecule has 0 unspecified atom stereocenters. The number of hydrogen-bond donors (Lipinski definition) is 0. The summed E-state index contributed by atoms with van der Waals surface area (Å²) in [5.41, 5.74) is 15.5. The van der Waals surface area contributed by atoms with E-state index in [1.54, 1.807) is 0 Å². The highest BCUT2D eigenvalue weighted by Crippen LogP contribution is 2.51. The molecule has 9 aromatic rings. The topological polar surface area (TPSA) is 18.1 Å². The average Bonchev–Trinajstić information content (AvgIpc) is 3.72. The van der Waals surface area contributed by atoms with Gasteiger partial charge in [-0.3, -0.25) is 0 Å². The van der Waals surface area contributed by atoms with Gasteiger partial charge in [0, 0.05) is 32.6 Å². The maximum absolute atomic E-state index is 6.45. The summed E-state index contributed by atoms with van der Waals surface area (Å²) < 4.78 is 8.94. The third kappa shape index (κ3) is 3.79. The highest BCUT2D eigenvalue weighted by atomic mass is 16.3. The van der Waals surface area contributed by atoms with Crippen LogP contribution in [0.25, 0.3) is 82.8 Å². The van der Waals surface area contributed by atoms with Gasteiger partial charge in [-0.15, -0.1) is 0 Å². The van der Waals surface area contributed by atoms with Crippen LogP contribution in [0.15, 0.2) is 156 Å². The van der Waals surface area contributed by atoms with Gasteiger partial charge < -0.3 is 8.98 Å². The molecule has 0 radical (unpaired) electrons. The molecule has 10 rings (SSSR count). The molecule has 0 fully saturated rings. The molecule has 47 heavy (non-hydrogen) atoms. The van der Waals surface area contributed by atoms with Crippen molar-refractivity contribution in [1.29, 1.82) is 0 Å². The van der Waals surface area contributed by atoms with Gasteiger partial charge in [0.25, 0.3) is 0 Å². The summed E-state index contributed by atoms with van der Waals surface area (Å²) in [6, 6.07) is 55.2. The van der Waals surface area contributed by atoms with E-state index in [4.69, 9.17) is 4.42 Å². The second-order valence-electron chi connectivity index (χ2n) is 13.4. The van der Waals surface area contributed by atoms with Gasteiger partial charge in [-0.2, -0.15) is 0 Å². The molecule has 0 aliphatic heterocycles. The molecule has 2 heterocycles. The van der Waals surface area contributed by atoms with Crippen molar-refractivity contribution in [2.24, 2.45) is 0 Å². The second-order valence-corrected chi connectivity index (χ2v) is 13.4. The molecule has 2 heteroatoms. The molecule has 0 bridgehead atoms. The van der Waals surface area contributed by atoms with Crippen LogP contribution in [0, 0.1) is 0 Å². The van der Waals surface area contributed by atoms with Crippen LogP contribution in [0.1, 0.15) is 25.0 Å². The molecule has 0 atom stereocenters. The van der Waals surface area contributed by atoms with Crippen molar-refractivity contribution in [3.63, 3.8) is 0 Å². The first kappa shape index (κ1) is 26.4. The van der Waals surface area contributed by atoms with Crippen molar-refractivity contribution >= 4 is 43.7 Å². The third-order valence-electron chi connectivity index (χ3n) is 10.4. The van der Waals surface area contributed by atoms with E-state index in [0.29, 0.717) is 0 Å². The fourth-order valence-electron chi connectivity index (χ4n) is 8.04. The summed E-state index contributed by atoms with van der Waals surface area (Å²) >= 11 is 0. The van der Waals surface area contributed by atoms with E-state index >= 15 is 0 Å². The van der Waals surface area contributed by atoms with E-state index < -0.39 is 0 Å². The molecule has 0 saturated heterocycles. The van der Waals surface area contributed by atoms with Crippen molar-refractivity contribution in [3.05, 3.63) is 163 Å². The average molecular weight is 602 g/mol. The molecule has 0 spiro atoms. The zero-order chi connectivity index (χ0) is 31.3. The second kappa shape index (κ2) is 9.57. The van der Waals surface area contributed by atoms with Crippen molar-refractivity contribution < 1.29 is 4.42 Å². The van der Waals surface area contributed by atoms with Gasteiger partial charge in [-0.05, 0) is 93.0 Å². The molecule has 0 amide bonds. The molecule has 222 valence electrons. The smallest absolute Gasteiger partial charge is 0.136 e. The minimum absolute atomic E-state index is 0.105. The summed E-state index contributed by atoms with van der Waals surface area (Å²) in [4.78, 5) is 0. The molecule has 1 aliphatic rings. The highest BCUT2D eigenvalue weighted by molar-refractivity contribution is 6.18. The number of furan rings is 1. The summed E-state index contributed by atoms with van der Waals surface area (Å²) in [7, 11) is 0. The summed E-state index contributed by atoms with van der Waals surface area (Å²) in [5, 5.41) is 4.71. The lowest BCUT2D eigenvalue weighted by atomic mass is 9.82. The predicted octanol–water partition coefficient (Wildman–Crippen LogP) is 12.3. The summed E-state index contributed by atoms with van der Waals surface area (Å²) in [6.45, 7) is 4.72. The molecule has 0 N–H and O–H groups in total. The number of para-hydroxylation sites is 1.